The molecule has 1 N–H and O–H groups in total. The molecule has 2 aromatic rings. The first-order valence-corrected chi connectivity index (χ1v) is 5.24. The van der Waals surface area contributed by atoms with Gasteiger partial charge in [0.1, 0.15) is 0 Å². The molecule has 0 unspecified atom stereocenters. The van der Waals surface area contributed by atoms with Crippen LogP contribution in [0.3, 0.4) is 0 Å². The van der Waals surface area contributed by atoms with E-state index in [-0.39, 0.29) is 4.57 Å². The Balaban J connectivity index is 2.95. The molecule has 0 aliphatic rings. The molecular formula is C10H5F4N3O4. The summed E-state index contributed by atoms with van der Waals surface area (Å²) >= 11 is 0. The van der Waals surface area contributed by atoms with Crippen molar-refractivity contribution in [3.63, 3.8) is 0 Å². The molecule has 0 atom stereocenters. The lowest BCUT2D eigenvalue weighted by Crippen LogP contribution is -2.13. The van der Waals surface area contributed by atoms with Gasteiger partial charge in [0, 0.05) is 11.6 Å². The van der Waals surface area contributed by atoms with E-state index in [1.807, 2.05) is 0 Å². The predicted octanol–water partition coefficient (Wildman–Crippen LogP) is 3.35. The van der Waals surface area contributed by atoms with Gasteiger partial charge in [0.15, 0.2) is 11.3 Å². The number of nitro groups is 1. The molecule has 0 aliphatic carbocycles. The number of hydrogen-bond donors (Lipinski definition) is 1. The van der Waals surface area contributed by atoms with Crippen molar-refractivity contribution in [3.05, 3.63) is 33.6 Å². The first-order chi connectivity index (χ1) is 9.73. The number of non-ortho nitro benzene ring substituents is 1. The normalized spacial score (nSPS) is 11.5. The fraction of sp³-hybridized carbons (Fsp3) is 0.200. The second kappa shape index (κ2) is 5.00. The lowest BCUT2D eigenvalue weighted by Gasteiger charge is -2.03. The molecule has 1 aromatic carbocycles. The van der Waals surface area contributed by atoms with Crippen molar-refractivity contribution in [2.75, 3.05) is 0 Å². The predicted molar refractivity (Wildman–Crippen MR) is 59.7 cm³/mol. The molecule has 0 radical (unpaired) electrons. The summed E-state index contributed by atoms with van der Waals surface area (Å²) in [5.41, 5.74) is -3.24. The number of fused-ring (bicyclic) bond motifs is 1. The van der Waals surface area contributed by atoms with E-state index in [4.69, 9.17) is 5.11 Å². The zero-order valence-electron chi connectivity index (χ0n) is 9.83. The molecule has 1 heterocycles. The number of nitro benzene ring substituents is 1. The number of imidazole rings is 1. The van der Waals surface area contributed by atoms with Gasteiger partial charge in [-0.3, -0.25) is 10.1 Å². The fourth-order valence-electron chi connectivity index (χ4n) is 1.83. The van der Waals surface area contributed by atoms with Crippen LogP contribution in [-0.4, -0.2) is 25.7 Å². The Morgan fingerprint density at radius 2 is 1.90 bits per heavy atom. The Bertz CT molecular complexity index is 743. The average molecular weight is 307 g/mol. The van der Waals surface area contributed by atoms with E-state index in [2.05, 4.69) is 4.98 Å². The van der Waals surface area contributed by atoms with Gasteiger partial charge in [-0.2, -0.15) is 0 Å². The van der Waals surface area contributed by atoms with Crippen LogP contribution in [0.25, 0.3) is 11.0 Å². The third-order valence-corrected chi connectivity index (χ3v) is 2.61. The van der Waals surface area contributed by atoms with Crippen LogP contribution in [-0.2, 0) is 0 Å². The quantitative estimate of drug-likeness (QED) is 0.532. The van der Waals surface area contributed by atoms with Crippen LogP contribution in [0.4, 0.5) is 28.0 Å². The van der Waals surface area contributed by atoms with E-state index in [1.54, 1.807) is 0 Å². The second-order valence-electron chi connectivity index (χ2n) is 3.85. The van der Waals surface area contributed by atoms with Crippen molar-refractivity contribution < 1.29 is 32.4 Å². The van der Waals surface area contributed by atoms with Gasteiger partial charge in [0.25, 0.3) is 18.5 Å². The average Bonchev–Trinajstić information content (AvgIpc) is 2.76. The van der Waals surface area contributed by atoms with Crippen LogP contribution >= 0.6 is 0 Å². The molecule has 21 heavy (non-hydrogen) atoms. The van der Waals surface area contributed by atoms with Gasteiger partial charge in [-0.25, -0.2) is 31.9 Å². The number of hydrogen-bond acceptors (Lipinski definition) is 4. The smallest absolute Gasteiger partial charge is 0.417 e. The minimum absolute atomic E-state index is 0.0760. The van der Waals surface area contributed by atoms with E-state index in [9.17, 15) is 32.5 Å². The maximum atomic E-state index is 12.8. The second-order valence-corrected chi connectivity index (χ2v) is 3.85. The molecule has 0 bridgehead atoms. The number of nitrogens with zero attached hydrogens (tertiary/aromatic N) is 3. The molecule has 112 valence electrons. The van der Waals surface area contributed by atoms with Crippen LogP contribution in [0, 0.1) is 10.1 Å². The third kappa shape index (κ3) is 2.37. The molecule has 7 nitrogen and oxygen atoms in total. The number of aromatic nitrogens is 2. The SMILES string of the molecule is O=C(O)n1c(C(F)F)nc2cc(C(F)F)cc([N+](=O)[O-])c21. The monoisotopic (exact) mass is 307 g/mol. The lowest BCUT2D eigenvalue weighted by atomic mass is 10.1. The highest BCUT2D eigenvalue weighted by Gasteiger charge is 2.30. The van der Waals surface area contributed by atoms with Gasteiger partial charge < -0.3 is 5.11 Å². The Labute approximate surface area is 112 Å². The summed E-state index contributed by atoms with van der Waals surface area (Å²) in [5, 5.41) is 19.8. The maximum absolute atomic E-state index is 12.8. The molecule has 0 amide bonds. The molecule has 2 rings (SSSR count). The van der Waals surface area contributed by atoms with Crippen LogP contribution in [0.5, 0.6) is 0 Å². The van der Waals surface area contributed by atoms with Crippen molar-refractivity contribution in [2.45, 2.75) is 12.9 Å². The molecule has 11 heteroatoms. The highest BCUT2D eigenvalue weighted by Crippen LogP contribution is 2.34. The molecule has 0 saturated carbocycles. The van der Waals surface area contributed by atoms with E-state index in [1.165, 1.54) is 0 Å². The molecule has 0 saturated heterocycles. The molecule has 0 fully saturated rings. The number of halogens is 4. The number of carboxylic acid groups (broad SMARTS) is 1. The highest BCUT2D eigenvalue weighted by molar-refractivity contribution is 5.93. The van der Waals surface area contributed by atoms with Crippen molar-refractivity contribution in [1.82, 2.24) is 9.55 Å². The first kappa shape index (κ1) is 14.7. The first-order valence-electron chi connectivity index (χ1n) is 5.24. The molecule has 1 aromatic heterocycles. The Hall–Kier alpha value is -2.72. The van der Waals surface area contributed by atoms with Crippen molar-refractivity contribution in [3.8, 4) is 0 Å². The molecule has 0 spiro atoms. The Morgan fingerprint density at radius 3 is 2.33 bits per heavy atom. The van der Waals surface area contributed by atoms with Crippen molar-refractivity contribution in [1.29, 1.82) is 0 Å². The molecule has 0 aliphatic heterocycles. The summed E-state index contributed by atoms with van der Waals surface area (Å²) in [6.07, 6.45) is -8.37. The van der Waals surface area contributed by atoms with Crippen molar-refractivity contribution >= 4 is 22.8 Å². The van der Waals surface area contributed by atoms with Crippen LogP contribution in [0.15, 0.2) is 12.1 Å². The number of benzene rings is 1. The van der Waals surface area contributed by atoms with Gasteiger partial charge in [-0.05, 0) is 6.07 Å². The maximum Gasteiger partial charge on any atom is 0.417 e. The van der Waals surface area contributed by atoms with Gasteiger partial charge in [0.2, 0.25) is 0 Å². The lowest BCUT2D eigenvalue weighted by molar-refractivity contribution is -0.383. The summed E-state index contributed by atoms with van der Waals surface area (Å²) in [4.78, 5) is 24.0. The summed E-state index contributed by atoms with van der Waals surface area (Å²) in [6, 6.07) is 1.07. The molecular weight excluding hydrogens is 302 g/mol. The van der Waals surface area contributed by atoms with Gasteiger partial charge in [-0.15, -0.1) is 0 Å². The van der Waals surface area contributed by atoms with Gasteiger partial charge in [0.05, 0.1) is 10.4 Å². The van der Waals surface area contributed by atoms with Crippen LogP contribution in [0.1, 0.15) is 24.2 Å². The number of alkyl halides is 4. The van der Waals surface area contributed by atoms with Gasteiger partial charge >= 0.3 is 6.09 Å². The third-order valence-electron chi connectivity index (χ3n) is 2.61. The Kier molecular flexibility index (Phi) is 3.49. The van der Waals surface area contributed by atoms with E-state index >= 15 is 0 Å². The summed E-state index contributed by atoms with van der Waals surface area (Å²) in [7, 11) is 0. The Morgan fingerprint density at radius 1 is 1.29 bits per heavy atom. The van der Waals surface area contributed by atoms with Crippen LogP contribution in [0.2, 0.25) is 0 Å². The van der Waals surface area contributed by atoms with Gasteiger partial charge in [-0.1, -0.05) is 0 Å². The van der Waals surface area contributed by atoms with E-state index in [0.29, 0.717) is 12.1 Å². The summed E-state index contributed by atoms with van der Waals surface area (Å²) < 4.78 is 50.7. The zero-order valence-corrected chi connectivity index (χ0v) is 9.83. The minimum Gasteiger partial charge on any atom is -0.464 e. The van der Waals surface area contributed by atoms with Crippen molar-refractivity contribution in [2.24, 2.45) is 0 Å². The van der Waals surface area contributed by atoms with E-state index < -0.39 is 52.0 Å². The van der Waals surface area contributed by atoms with E-state index in [0.717, 1.165) is 0 Å². The highest BCUT2D eigenvalue weighted by atomic mass is 19.3. The minimum atomic E-state index is -3.34. The fourth-order valence-corrected chi connectivity index (χ4v) is 1.83. The number of rotatable bonds is 3. The largest absolute Gasteiger partial charge is 0.464 e. The standard InChI is InChI=1S/C10H5F4N3O4/c11-7(12)3-1-4-6(5(2-3)17(20)21)16(10(18)19)9(15-4)8(13)14/h1-2,7-8H,(H,18,19). The topological polar surface area (TPSA) is 98.3 Å². The number of carbonyl (C=O) groups is 1. The zero-order chi connectivity index (χ0) is 15.9. The van der Waals surface area contributed by atoms with Crippen LogP contribution < -0.4 is 0 Å². The summed E-state index contributed by atoms with van der Waals surface area (Å²) in [5.74, 6) is -1.27. The summed E-state index contributed by atoms with van der Waals surface area (Å²) in [6.45, 7) is 0.